The van der Waals surface area contributed by atoms with Crippen molar-refractivity contribution in [3.8, 4) is 5.75 Å². The van der Waals surface area contributed by atoms with E-state index < -0.39 is 6.36 Å². The van der Waals surface area contributed by atoms with Crippen LogP contribution in [0.15, 0.2) is 48.3 Å². The van der Waals surface area contributed by atoms with Crippen LogP contribution in [0.2, 0.25) is 0 Å². The van der Waals surface area contributed by atoms with Crippen LogP contribution >= 0.6 is 0 Å². The van der Waals surface area contributed by atoms with Gasteiger partial charge in [0.15, 0.2) is 0 Å². The van der Waals surface area contributed by atoms with Gasteiger partial charge in [0.1, 0.15) is 18.1 Å². The van der Waals surface area contributed by atoms with Crippen molar-refractivity contribution in [2.75, 3.05) is 20.3 Å². The van der Waals surface area contributed by atoms with E-state index in [4.69, 9.17) is 9.47 Å². The number of rotatable bonds is 6. The number of benzene rings is 1. The Morgan fingerprint density at radius 2 is 1.83 bits per heavy atom. The molecule has 0 aromatic heterocycles. The van der Waals surface area contributed by atoms with Gasteiger partial charge >= 0.3 is 6.36 Å². The lowest BCUT2D eigenvalue weighted by atomic mass is 9.77. The molecule has 1 aromatic carbocycles. The molecular weight excluding hydrogens is 309 g/mol. The van der Waals surface area contributed by atoms with E-state index in [1.807, 2.05) is 25.2 Å². The maximum absolute atomic E-state index is 12.2. The summed E-state index contributed by atoms with van der Waals surface area (Å²) < 4.78 is 50.9. The minimum atomic E-state index is -4.67. The Labute approximate surface area is 133 Å². The van der Waals surface area contributed by atoms with E-state index >= 15 is 0 Å². The molecule has 0 N–H and O–H groups in total. The maximum Gasteiger partial charge on any atom is 0.573 e. The first-order chi connectivity index (χ1) is 10.8. The molecule has 23 heavy (non-hydrogen) atoms. The van der Waals surface area contributed by atoms with Crippen LogP contribution in [0, 0.1) is 0 Å². The van der Waals surface area contributed by atoms with Gasteiger partial charge in [-0.2, -0.15) is 0 Å². The highest BCUT2D eigenvalue weighted by atomic mass is 19.4. The van der Waals surface area contributed by atoms with Gasteiger partial charge in [-0.15, -0.1) is 13.2 Å². The minimum Gasteiger partial charge on any atom is -0.492 e. The Morgan fingerprint density at radius 1 is 1.13 bits per heavy atom. The average molecular weight is 328 g/mol. The third-order valence-electron chi connectivity index (χ3n) is 3.65. The average Bonchev–Trinajstić information content (AvgIpc) is 2.49. The van der Waals surface area contributed by atoms with Gasteiger partial charge in [0.05, 0.1) is 6.61 Å². The van der Waals surface area contributed by atoms with Gasteiger partial charge in [0, 0.05) is 12.5 Å². The number of halogens is 3. The van der Waals surface area contributed by atoms with E-state index in [9.17, 15) is 13.2 Å². The fourth-order valence-electron chi connectivity index (χ4n) is 2.32. The topological polar surface area (TPSA) is 27.7 Å². The number of allylic oxidation sites excluding steroid dienone is 3. The summed E-state index contributed by atoms with van der Waals surface area (Å²) >= 11 is 0. The van der Waals surface area contributed by atoms with Crippen LogP contribution in [0.25, 0.3) is 0 Å². The van der Waals surface area contributed by atoms with Crippen molar-refractivity contribution in [2.45, 2.75) is 25.1 Å². The van der Waals surface area contributed by atoms with Gasteiger partial charge in [0.2, 0.25) is 0 Å². The molecule has 126 valence electrons. The molecule has 0 saturated carbocycles. The molecule has 0 bridgehead atoms. The predicted molar refractivity (Wildman–Crippen MR) is 80.1 cm³/mol. The third kappa shape index (κ3) is 5.03. The Kier molecular flexibility index (Phi) is 5.36. The SMILES string of the molecule is COCCOC1=CCC(C)(c2ccc(OC(F)(F)F)cc2)C=C1. The molecular formula is C17H19F3O3. The quantitative estimate of drug-likeness (QED) is 0.727. The van der Waals surface area contributed by atoms with Crippen molar-refractivity contribution < 1.29 is 27.4 Å². The molecule has 0 spiro atoms. The first-order valence-corrected chi connectivity index (χ1v) is 7.20. The first kappa shape index (κ1) is 17.4. The Hall–Kier alpha value is -1.95. The molecule has 0 amide bonds. The van der Waals surface area contributed by atoms with Crippen molar-refractivity contribution >= 4 is 0 Å². The largest absolute Gasteiger partial charge is 0.573 e. The number of alkyl halides is 3. The van der Waals surface area contributed by atoms with Crippen LogP contribution in [0.3, 0.4) is 0 Å². The Balaban J connectivity index is 2.01. The van der Waals surface area contributed by atoms with E-state index in [1.165, 1.54) is 12.1 Å². The normalized spacial score (nSPS) is 21.0. The Morgan fingerprint density at radius 3 is 2.35 bits per heavy atom. The molecule has 0 fully saturated rings. The molecule has 1 aliphatic carbocycles. The highest BCUT2D eigenvalue weighted by Gasteiger charge is 2.31. The van der Waals surface area contributed by atoms with Crippen LogP contribution in [0.5, 0.6) is 5.75 Å². The van der Waals surface area contributed by atoms with E-state index in [0.717, 1.165) is 11.3 Å². The molecule has 1 aromatic rings. The summed E-state index contributed by atoms with van der Waals surface area (Å²) in [5, 5.41) is 0. The molecule has 1 unspecified atom stereocenters. The molecule has 0 heterocycles. The number of ether oxygens (including phenoxy) is 3. The van der Waals surface area contributed by atoms with Crippen molar-refractivity contribution in [1.29, 1.82) is 0 Å². The second-order valence-electron chi connectivity index (χ2n) is 5.47. The van der Waals surface area contributed by atoms with Crippen molar-refractivity contribution in [3.05, 3.63) is 53.8 Å². The number of hydrogen-bond acceptors (Lipinski definition) is 3. The fraction of sp³-hybridized carbons (Fsp3) is 0.412. The number of methoxy groups -OCH3 is 1. The lowest BCUT2D eigenvalue weighted by Crippen LogP contribution is -2.21. The van der Waals surface area contributed by atoms with Crippen molar-refractivity contribution in [1.82, 2.24) is 0 Å². The fourth-order valence-corrected chi connectivity index (χ4v) is 2.32. The molecule has 0 saturated heterocycles. The predicted octanol–water partition coefficient (Wildman–Crippen LogP) is 4.35. The molecule has 2 rings (SSSR count). The summed E-state index contributed by atoms with van der Waals surface area (Å²) in [7, 11) is 1.61. The highest BCUT2D eigenvalue weighted by molar-refractivity contribution is 5.39. The second kappa shape index (κ2) is 7.08. The maximum atomic E-state index is 12.2. The lowest BCUT2D eigenvalue weighted by molar-refractivity contribution is -0.274. The summed E-state index contributed by atoms with van der Waals surface area (Å²) in [6.45, 7) is 3.02. The molecule has 0 aliphatic heterocycles. The van der Waals surface area contributed by atoms with E-state index in [-0.39, 0.29) is 11.2 Å². The minimum absolute atomic E-state index is 0.219. The lowest BCUT2D eigenvalue weighted by Gasteiger charge is -2.28. The van der Waals surface area contributed by atoms with Crippen LogP contribution < -0.4 is 4.74 Å². The van der Waals surface area contributed by atoms with Gasteiger partial charge in [-0.1, -0.05) is 25.1 Å². The highest BCUT2D eigenvalue weighted by Crippen LogP contribution is 2.35. The van der Waals surface area contributed by atoms with Gasteiger partial charge < -0.3 is 14.2 Å². The van der Waals surface area contributed by atoms with Crippen LogP contribution in [0.1, 0.15) is 18.9 Å². The molecule has 3 nitrogen and oxygen atoms in total. The Bertz CT molecular complexity index is 576. The standard InChI is InChI=1S/C17H19F3O3/c1-16(9-7-14(8-10-16)22-12-11-21-2)13-3-5-15(6-4-13)23-17(18,19)20/h3-9H,10-12H2,1-2H3. The summed E-state index contributed by atoms with van der Waals surface area (Å²) in [5.41, 5.74) is 0.626. The monoisotopic (exact) mass is 328 g/mol. The van der Waals surface area contributed by atoms with Crippen LogP contribution in [-0.2, 0) is 14.9 Å². The second-order valence-corrected chi connectivity index (χ2v) is 5.47. The van der Waals surface area contributed by atoms with Gasteiger partial charge in [0.25, 0.3) is 0 Å². The molecule has 0 radical (unpaired) electrons. The summed E-state index contributed by atoms with van der Waals surface area (Å²) in [5.74, 6) is 0.556. The summed E-state index contributed by atoms with van der Waals surface area (Å²) in [6.07, 6.45) is 1.86. The van der Waals surface area contributed by atoms with Crippen molar-refractivity contribution in [2.24, 2.45) is 0 Å². The van der Waals surface area contributed by atoms with Crippen LogP contribution in [0.4, 0.5) is 13.2 Å². The van der Waals surface area contributed by atoms with Crippen molar-refractivity contribution in [3.63, 3.8) is 0 Å². The van der Waals surface area contributed by atoms with E-state index in [2.05, 4.69) is 4.74 Å². The number of hydrogen-bond donors (Lipinski definition) is 0. The molecule has 6 heteroatoms. The third-order valence-corrected chi connectivity index (χ3v) is 3.65. The van der Waals surface area contributed by atoms with E-state index in [1.54, 1.807) is 19.2 Å². The molecule has 1 atom stereocenters. The summed E-state index contributed by atoms with van der Waals surface area (Å²) in [4.78, 5) is 0. The first-order valence-electron chi connectivity index (χ1n) is 7.20. The van der Waals surface area contributed by atoms with Gasteiger partial charge in [-0.3, -0.25) is 0 Å². The van der Waals surface area contributed by atoms with E-state index in [0.29, 0.717) is 19.6 Å². The smallest absolute Gasteiger partial charge is 0.492 e. The van der Waals surface area contributed by atoms with Gasteiger partial charge in [-0.25, -0.2) is 0 Å². The van der Waals surface area contributed by atoms with Crippen LogP contribution in [-0.4, -0.2) is 26.7 Å². The zero-order chi connectivity index (χ0) is 16.9. The zero-order valence-corrected chi connectivity index (χ0v) is 13.0. The molecule has 1 aliphatic rings. The zero-order valence-electron chi connectivity index (χ0n) is 13.0. The van der Waals surface area contributed by atoms with Gasteiger partial charge in [-0.05, 0) is 36.3 Å². The summed E-state index contributed by atoms with van der Waals surface area (Å²) in [6, 6.07) is 5.96.